The first-order chi connectivity index (χ1) is 16.0. The van der Waals surface area contributed by atoms with E-state index in [9.17, 15) is 14.0 Å². The highest BCUT2D eigenvalue weighted by molar-refractivity contribution is 5.94. The predicted octanol–water partition coefficient (Wildman–Crippen LogP) is 4.55. The Balaban J connectivity index is 1.52. The molecule has 0 saturated carbocycles. The molecule has 0 unspecified atom stereocenters. The van der Waals surface area contributed by atoms with Gasteiger partial charge in [-0.3, -0.25) is 9.59 Å². The summed E-state index contributed by atoms with van der Waals surface area (Å²) in [6, 6.07) is 18.5. The Bertz CT molecular complexity index is 1430. The van der Waals surface area contributed by atoms with Gasteiger partial charge in [0, 0.05) is 17.7 Å². The molecule has 0 spiro atoms. The third kappa shape index (κ3) is 4.17. The van der Waals surface area contributed by atoms with Crippen molar-refractivity contribution in [3.05, 3.63) is 105 Å². The van der Waals surface area contributed by atoms with Gasteiger partial charge in [0.1, 0.15) is 5.82 Å². The molecule has 33 heavy (non-hydrogen) atoms. The molecule has 1 aliphatic heterocycles. The van der Waals surface area contributed by atoms with Crippen LogP contribution in [0.5, 0.6) is 11.5 Å². The average molecular weight is 444 g/mol. The average Bonchev–Trinajstić information content (AvgIpc) is 3.27. The molecule has 3 aromatic carbocycles. The van der Waals surface area contributed by atoms with Crippen LogP contribution in [0.4, 0.5) is 4.39 Å². The summed E-state index contributed by atoms with van der Waals surface area (Å²) >= 11 is 0. The smallest absolute Gasteiger partial charge is 0.254 e. The molecular formula is C26H21FN2O4. The number of rotatable bonds is 5. The number of H-pyrrole nitrogens is 1. The monoisotopic (exact) mass is 444 g/mol. The number of aromatic amines is 1. The number of para-hydroxylation sites is 1. The first-order valence-electron chi connectivity index (χ1n) is 10.5. The second-order valence-electron chi connectivity index (χ2n) is 8.02. The molecule has 166 valence electrons. The normalized spacial score (nSPS) is 12.2. The van der Waals surface area contributed by atoms with Crippen molar-refractivity contribution in [3.63, 3.8) is 0 Å². The van der Waals surface area contributed by atoms with E-state index >= 15 is 0 Å². The fourth-order valence-corrected chi connectivity index (χ4v) is 4.01. The van der Waals surface area contributed by atoms with Crippen molar-refractivity contribution < 1.29 is 18.7 Å². The van der Waals surface area contributed by atoms with Crippen molar-refractivity contribution in [1.29, 1.82) is 0 Å². The Kier molecular flexibility index (Phi) is 5.30. The molecule has 2 heterocycles. The van der Waals surface area contributed by atoms with E-state index in [0.29, 0.717) is 17.1 Å². The Hall–Kier alpha value is -4.13. The van der Waals surface area contributed by atoms with Crippen molar-refractivity contribution >= 4 is 16.8 Å². The zero-order chi connectivity index (χ0) is 22.9. The van der Waals surface area contributed by atoms with Crippen LogP contribution in [-0.4, -0.2) is 22.6 Å². The largest absolute Gasteiger partial charge is 0.454 e. The number of amides is 1. The van der Waals surface area contributed by atoms with Gasteiger partial charge in [-0.25, -0.2) is 4.39 Å². The van der Waals surface area contributed by atoms with Crippen LogP contribution >= 0.6 is 0 Å². The molecule has 1 N–H and O–H groups in total. The summed E-state index contributed by atoms with van der Waals surface area (Å²) < 4.78 is 24.6. The first kappa shape index (κ1) is 20.8. The third-order valence-corrected chi connectivity index (χ3v) is 5.70. The van der Waals surface area contributed by atoms with E-state index in [1.165, 1.54) is 23.1 Å². The van der Waals surface area contributed by atoms with Crippen molar-refractivity contribution in [2.45, 2.75) is 20.0 Å². The van der Waals surface area contributed by atoms with E-state index < -0.39 is 5.82 Å². The zero-order valence-electron chi connectivity index (χ0n) is 17.9. The van der Waals surface area contributed by atoms with Crippen LogP contribution in [0.15, 0.2) is 71.5 Å². The highest BCUT2D eigenvalue weighted by Gasteiger charge is 2.21. The molecule has 0 radical (unpaired) electrons. The van der Waals surface area contributed by atoms with Crippen LogP contribution in [0.25, 0.3) is 10.9 Å². The van der Waals surface area contributed by atoms with Gasteiger partial charge >= 0.3 is 0 Å². The topological polar surface area (TPSA) is 71.6 Å². The van der Waals surface area contributed by atoms with Crippen molar-refractivity contribution in [2.75, 3.05) is 6.79 Å². The lowest BCUT2D eigenvalue weighted by molar-refractivity contribution is 0.0728. The first-order valence-corrected chi connectivity index (χ1v) is 10.5. The predicted molar refractivity (Wildman–Crippen MR) is 122 cm³/mol. The molecule has 6 nitrogen and oxygen atoms in total. The van der Waals surface area contributed by atoms with Crippen LogP contribution in [0.1, 0.15) is 27.0 Å². The lowest BCUT2D eigenvalue weighted by atomic mass is 10.1. The number of fused-ring (bicyclic) bond motifs is 2. The van der Waals surface area contributed by atoms with E-state index in [0.717, 1.165) is 22.0 Å². The van der Waals surface area contributed by atoms with E-state index in [-0.39, 0.29) is 36.9 Å². The fraction of sp³-hybridized carbons (Fsp3) is 0.154. The summed E-state index contributed by atoms with van der Waals surface area (Å²) in [4.78, 5) is 30.7. The maximum atomic E-state index is 13.8. The molecule has 0 atom stereocenters. The molecule has 1 aromatic heterocycles. The molecule has 1 aliphatic rings. The second kappa shape index (κ2) is 8.43. The Morgan fingerprint density at radius 3 is 2.67 bits per heavy atom. The maximum Gasteiger partial charge on any atom is 0.254 e. The summed E-state index contributed by atoms with van der Waals surface area (Å²) in [5, 5.41) is 0.880. The van der Waals surface area contributed by atoms with Gasteiger partial charge in [0.05, 0.1) is 12.1 Å². The summed E-state index contributed by atoms with van der Waals surface area (Å²) in [6.45, 7) is 2.34. The second-order valence-corrected chi connectivity index (χ2v) is 8.02. The van der Waals surface area contributed by atoms with Crippen LogP contribution in [0.3, 0.4) is 0 Å². The number of hydrogen-bond acceptors (Lipinski definition) is 4. The number of nitrogens with one attached hydrogen (secondary N) is 1. The lowest BCUT2D eigenvalue weighted by Crippen LogP contribution is -2.32. The number of nitrogens with zero attached hydrogens (tertiary/aromatic N) is 1. The number of aromatic nitrogens is 1. The molecule has 0 saturated heterocycles. The molecule has 0 bridgehead atoms. The highest BCUT2D eigenvalue weighted by atomic mass is 19.1. The molecule has 0 fully saturated rings. The van der Waals surface area contributed by atoms with Gasteiger partial charge < -0.3 is 19.4 Å². The number of pyridine rings is 1. The highest BCUT2D eigenvalue weighted by Crippen LogP contribution is 2.33. The summed E-state index contributed by atoms with van der Waals surface area (Å²) in [6.07, 6.45) is 0. The molecule has 0 aliphatic carbocycles. The van der Waals surface area contributed by atoms with Gasteiger partial charge in [-0.15, -0.1) is 0 Å². The third-order valence-electron chi connectivity index (χ3n) is 5.70. The Labute approximate surface area is 189 Å². The van der Waals surface area contributed by atoms with Crippen molar-refractivity contribution in [2.24, 2.45) is 0 Å². The Morgan fingerprint density at radius 2 is 1.82 bits per heavy atom. The fourth-order valence-electron chi connectivity index (χ4n) is 4.01. The number of aryl methyl sites for hydroxylation is 1. The van der Waals surface area contributed by atoms with Gasteiger partial charge in [-0.2, -0.15) is 0 Å². The minimum absolute atomic E-state index is 0.0585. The SMILES string of the molecule is Cc1cccc2cc(CN(Cc3ccc4c(c3)OCO4)C(=O)c3cccc(F)c3)c(=O)[nH]c12. The number of halogens is 1. The summed E-state index contributed by atoms with van der Waals surface area (Å²) in [7, 11) is 0. The molecule has 4 aromatic rings. The van der Waals surface area contributed by atoms with Gasteiger partial charge in [-0.05, 0) is 59.8 Å². The molecular weight excluding hydrogens is 423 g/mol. The number of carbonyl (C=O) groups excluding carboxylic acids is 1. The van der Waals surface area contributed by atoms with E-state index in [1.54, 1.807) is 18.2 Å². The van der Waals surface area contributed by atoms with Crippen molar-refractivity contribution in [3.8, 4) is 11.5 Å². The van der Waals surface area contributed by atoms with Crippen LogP contribution < -0.4 is 15.0 Å². The minimum atomic E-state index is -0.497. The van der Waals surface area contributed by atoms with Gasteiger partial charge in [0.25, 0.3) is 11.5 Å². The standard InChI is InChI=1S/C26H21FN2O4/c1-16-4-2-5-18-11-20(25(30)28-24(16)18)14-29(26(31)19-6-3-7-21(27)12-19)13-17-8-9-22-23(10-17)33-15-32-22/h2-12H,13-15H2,1H3,(H,28,30). The lowest BCUT2D eigenvalue weighted by Gasteiger charge is -2.23. The number of benzene rings is 3. The summed E-state index contributed by atoms with van der Waals surface area (Å²) in [5.74, 6) is 0.367. The molecule has 1 amide bonds. The van der Waals surface area contributed by atoms with E-state index in [2.05, 4.69) is 4.98 Å². The van der Waals surface area contributed by atoms with Crippen LogP contribution in [0, 0.1) is 12.7 Å². The molecule has 7 heteroatoms. The quantitative estimate of drug-likeness (QED) is 0.490. The van der Waals surface area contributed by atoms with Gasteiger partial charge in [0.2, 0.25) is 6.79 Å². The number of hydrogen-bond donors (Lipinski definition) is 1. The van der Waals surface area contributed by atoms with Crippen molar-refractivity contribution in [1.82, 2.24) is 9.88 Å². The Morgan fingerprint density at radius 1 is 1.00 bits per heavy atom. The van der Waals surface area contributed by atoms with E-state index in [4.69, 9.17) is 9.47 Å². The summed E-state index contributed by atoms with van der Waals surface area (Å²) in [5.41, 5.74) is 2.92. The minimum Gasteiger partial charge on any atom is -0.454 e. The van der Waals surface area contributed by atoms with E-state index in [1.807, 2.05) is 37.3 Å². The van der Waals surface area contributed by atoms with Crippen LogP contribution in [0.2, 0.25) is 0 Å². The molecule has 5 rings (SSSR count). The van der Waals surface area contributed by atoms with Gasteiger partial charge in [-0.1, -0.05) is 30.3 Å². The van der Waals surface area contributed by atoms with Crippen LogP contribution in [-0.2, 0) is 13.1 Å². The van der Waals surface area contributed by atoms with Gasteiger partial charge in [0.15, 0.2) is 11.5 Å². The zero-order valence-corrected chi connectivity index (χ0v) is 17.9. The number of carbonyl (C=O) groups is 1. The number of ether oxygens (including phenoxy) is 2. The maximum absolute atomic E-state index is 13.8.